The van der Waals surface area contributed by atoms with Crippen molar-refractivity contribution in [3.05, 3.63) is 113 Å². The summed E-state index contributed by atoms with van der Waals surface area (Å²) in [4.78, 5) is 50.1. The predicted octanol–water partition coefficient (Wildman–Crippen LogP) is 3.02. The molecule has 0 saturated carbocycles. The van der Waals surface area contributed by atoms with Crippen LogP contribution < -0.4 is 21.5 Å². The van der Waals surface area contributed by atoms with E-state index >= 15 is 0 Å². The number of benzene rings is 2. The normalized spacial score (nSPS) is 10.7. The molecule has 0 aliphatic carbocycles. The SMILES string of the molecule is COC(=O)c1nn(-c2cc(Cl)c(Oc3ccc(=O)n(Cc4ccccc4)c3)c(Cl)c2)c(=O)[nH]c1=O. The van der Waals surface area contributed by atoms with Crippen molar-refractivity contribution in [1.82, 2.24) is 19.3 Å². The molecule has 0 saturated heterocycles. The van der Waals surface area contributed by atoms with Gasteiger partial charge in [0.15, 0.2) is 5.75 Å². The molecule has 0 fully saturated rings. The van der Waals surface area contributed by atoms with E-state index < -0.39 is 22.9 Å². The molecule has 0 radical (unpaired) electrons. The van der Waals surface area contributed by atoms with E-state index in [1.165, 1.54) is 35.0 Å². The Labute approximate surface area is 206 Å². The lowest BCUT2D eigenvalue weighted by Crippen LogP contribution is -2.36. The van der Waals surface area contributed by atoms with Crippen LogP contribution in [-0.4, -0.2) is 32.4 Å². The maximum Gasteiger partial charge on any atom is 0.364 e. The molecule has 4 aromatic rings. The highest BCUT2D eigenvalue weighted by Gasteiger charge is 2.19. The monoisotopic (exact) mass is 514 g/mol. The molecule has 0 bridgehead atoms. The van der Waals surface area contributed by atoms with Crippen LogP contribution in [0.5, 0.6) is 11.5 Å². The van der Waals surface area contributed by atoms with Gasteiger partial charge in [0.25, 0.3) is 11.1 Å². The van der Waals surface area contributed by atoms with Crippen molar-refractivity contribution in [2.24, 2.45) is 0 Å². The molecule has 4 rings (SSSR count). The maximum absolute atomic E-state index is 12.3. The first-order chi connectivity index (χ1) is 16.8. The summed E-state index contributed by atoms with van der Waals surface area (Å²) in [6.45, 7) is 0.334. The first kappa shape index (κ1) is 24.0. The average molecular weight is 515 g/mol. The third-order valence-electron chi connectivity index (χ3n) is 4.81. The summed E-state index contributed by atoms with van der Waals surface area (Å²) in [6.07, 6.45) is 1.52. The number of esters is 1. The van der Waals surface area contributed by atoms with Gasteiger partial charge in [0.2, 0.25) is 5.69 Å². The van der Waals surface area contributed by atoms with Crippen LogP contribution in [0.25, 0.3) is 5.69 Å². The molecule has 0 unspecified atom stereocenters. The number of carbonyl (C=O) groups excluding carboxylic acids is 1. The molecule has 178 valence electrons. The van der Waals surface area contributed by atoms with Crippen molar-refractivity contribution in [2.45, 2.75) is 6.54 Å². The maximum atomic E-state index is 12.3. The molecule has 0 amide bonds. The smallest absolute Gasteiger partial charge is 0.364 e. The van der Waals surface area contributed by atoms with Crippen LogP contribution in [-0.2, 0) is 11.3 Å². The molecule has 0 aliphatic heterocycles. The summed E-state index contributed by atoms with van der Waals surface area (Å²) in [5, 5.41) is 3.77. The minimum atomic E-state index is -1.03. The van der Waals surface area contributed by atoms with Crippen molar-refractivity contribution in [2.75, 3.05) is 7.11 Å². The molecule has 2 aromatic heterocycles. The van der Waals surface area contributed by atoms with Gasteiger partial charge in [-0.1, -0.05) is 53.5 Å². The molecular weight excluding hydrogens is 499 g/mol. The molecule has 0 aliphatic rings. The number of hydrogen-bond donors (Lipinski definition) is 1. The lowest BCUT2D eigenvalue weighted by Gasteiger charge is -2.13. The Morgan fingerprint density at radius 1 is 1.03 bits per heavy atom. The third-order valence-corrected chi connectivity index (χ3v) is 5.37. The van der Waals surface area contributed by atoms with Crippen LogP contribution in [0, 0.1) is 0 Å². The van der Waals surface area contributed by atoms with Crippen molar-refractivity contribution >= 4 is 29.2 Å². The van der Waals surface area contributed by atoms with E-state index in [-0.39, 0.29) is 27.0 Å². The zero-order chi connectivity index (χ0) is 25.1. The number of hydrogen-bond acceptors (Lipinski definition) is 7. The number of H-pyrrole nitrogens is 1. The molecule has 10 nitrogen and oxygen atoms in total. The second kappa shape index (κ2) is 10.00. The lowest BCUT2D eigenvalue weighted by molar-refractivity contribution is 0.0589. The summed E-state index contributed by atoms with van der Waals surface area (Å²) in [6, 6.07) is 14.9. The van der Waals surface area contributed by atoms with E-state index in [0.717, 1.165) is 17.4 Å². The number of halogens is 2. The van der Waals surface area contributed by atoms with Crippen LogP contribution >= 0.6 is 23.2 Å². The van der Waals surface area contributed by atoms with Crippen LogP contribution in [0.3, 0.4) is 0 Å². The van der Waals surface area contributed by atoms with E-state index in [9.17, 15) is 19.2 Å². The molecule has 0 spiro atoms. The number of pyridine rings is 1. The first-order valence-corrected chi connectivity index (χ1v) is 10.8. The van der Waals surface area contributed by atoms with Gasteiger partial charge in [-0.3, -0.25) is 14.6 Å². The molecule has 2 heterocycles. The van der Waals surface area contributed by atoms with Gasteiger partial charge in [0.05, 0.1) is 35.6 Å². The molecular formula is C23H16Cl2N4O6. The van der Waals surface area contributed by atoms with Crippen molar-refractivity contribution < 1.29 is 14.3 Å². The number of rotatable bonds is 6. The number of aromatic amines is 1. The summed E-state index contributed by atoms with van der Waals surface area (Å²) >= 11 is 12.7. The Morgan fingerprint density at radius 3 is 2.37 bits per heavy atom. The molecule has 1 N–H and O–H groups in total. The highest BCUT2D eigenvalue weighted by atomic mass is 35.5. The van der Waals surface area contributed by atoms with Gasteiger partial charge in [0, 0.05) is 6.07 Å². The molecule has 35 heavy (non-hydrogen) atoms. The van der Waals surface area contributed by atoms with E-state index in [1.807, 2.05) is 35.3 Å². The number of aromatic nitrogens is 4. The van der Waals surface area contributed by atoms with Gasteiger partial charge >= 0.3 is 11.7 Å². The second-order valence-electron chi connectivity index (χ2n) is 7.17. The van der Waals surface area contributed by atoms with Gasteiger partial charge in [-0.2, -0.15) is 9.78 Å². The van der Waals surface area contributed by atoms with Crippen LogP contribution in [0.4, 0.5) is 0 Å². The summed E-state index contributed by atoms with van der Waals surface area (Å²) in [5.74, 6) is -0.667. The zero-order valence-electron chi connectivity index (χ0n) is 18.0. The Hall–Kier alpha value is -4.15. The van der Waals surface area contributed by atoms with Crippen LogP contribution in [0.15, 0.2) is 75.2 Å². The Bertz CT molecular complexity index is 1570. The van der Waals surface area contributed by atoms with E-state index in [1.54, 1.807) is 0 Å². The van der Waals surface area contributed by atoms with Crippen molar-refractivity contribution in [3.8, 4) is 17.2 Å². The topological polar surface area (TPSA) is 125 Å². The molecule has 0 atom stereocenters. The van der Waals surface area contributed by atoms with Crippen LogP contribution in [0.2, 0.25) is 10.0 Å². The zero-order valence-corrected chi connectivity index (χ0v) is 19.5. The van der Waals surface area contributed by atoms with Gasteiger partial charge in [0.1, 0.15) is 5.75 Å². The minimum Gasteiger partial charge on any atom is -0.464 e. The minimum absolute atomic E-state index is 0.00725. The number of ether oxygens (including phenoxy) is 2. The standard InChI is InChI=1S/C23H16Cl2N4O6/c1-34-22(32)19-21(31)26-23(33)29(27-19)14-9-16(24)20(17(25)10-14)35-15-7-8-18(30)28(12-15)11-13-5-3-2-4-6-13/h2-10,12H,11H2,1H3,(H,26,31,33). The Balaban J connectivity index is 1.68. The number of nitrogens with one attached hydrogen (secondary N) is 1. The quantitative estimate of drug-likeness (QED) is 0.392. The average Bonchev–Trinajstić information content (AvgIpc) is 2.83. The lowest BCUT2D eigenvalue weighted by atomic mass is 10.2. The van der Waals surface area contributed by atoms with E-state index in [4.69, 9.17) is 27.9 Å². The molecule has 12 heteroatoms. The second-order valence-corrected chi connectivity index (χ2v) is 7.98. The number of nitrogens with zero attached hydrogens (tertiary/aromatic N) is 3. The predicted molar refractivity (Wildman–Crippen MR) is 128 cm³/mol. The fourth-order valence-corrected chi connectivity index (χ4v) is 3.72. The van der Waals surface area contributed by atoms with Crippen molar-refractivity contribution in [1.29, 1.82) is 0 Å². The summed E-state index contributed by atoms with van der Waals surface area (Å²) < 4.78 is 12.5. The highest BCUT2D eigenvalue weighted by molar-refractivity contribution is 6.37. The number of methoxy groups -OCH3 is 1. The summed E-state index contributed by atoms with van der Waals surface area (Å²) in [7, 11) is 1.07. The van der Waals surface area contributed by atoms with Crippen molar-refractivity contribution in [3.63, 3.8) is 0 Å². The fourth-order valence-electron chi connectivity index (χ4n) is 3.16. The fraction of sp³-hybridized carbons (Fsp3) is 0.0870. The van der Waals surface area contributed by atoms with Crippen LogP contribution in [0.1, 0.15) is 16.1 Å². The van der Waals surface area contributed by atoms with E-state index in [0.29, 0.717) is 12.3 Å². The van der Waals surface area contributed by atoms with Gasteiger partial charge < -0.3 is 14.0 Å². The summed E-state index contributed by atoms with van der Waals surface area (Å²) in [5.41, 5.74) is -1.78. The largest absolute Gasteiger partial charge is 0.464 e. The first-order valence-electron chi connectivity index (χ1n) is 10.0. The van der Waals surface area contributed by atoms with Gasteiger partial charge in [-0.25, -0.2) is 9.59 Å². The third kappa shape index (κ3) is 5.18. The highest BCUT2D eigenvalue weighted by Crippen LogP contribution is 2.37. The molecule has 2 aromatic carbocycles. The Kier molecular flexibility index (Phi) is 6.85. The Morgan fingerprint density at radius 2 is 1.71 bits per heavy atom. The van der Waals surface area contributed by atoms with Gasteiger partial charge in [-0.15, -0.1) is 0 Å². The number of carbonyl (C=O) groups is 1. The van der Waals surface area contributed by atoms with Gasteiger partial charge in [-0.05, 0) is 23.8 Å². The van der Waals surface area contributed by atoms with E-state index in [2.05, 4.69) is 9.84 Å².